The first-order chi connectivity index (χ1) is 12.1. The van der Waals surface area contributed by atoms with Gasteiger partial charge in [-0.3, -0.25) is 4.79 Å². The summed E-state index contributed by atoms with van der Waals surface area (Å²) in [5.74, 6) is -0.475. The molecule has 0 N–H and O–H groups in total. The van der Waals surface area contributed by atoms with Gasteiger partial charge in [-0.2, -0.15) is 10.5 Å². The number of nitrogens with zero attached hydrogens (tertiary/aromatic N) is 2. The van der Waals surface area contributed by atoms with Gasteiger partial charge in [-0.05, 0) is 17.5 Å². The Morgan fingerprint density at radius 1 is 1.04 bits per heavy atom. The lowest BCUT2D eigenvalue weighted by atomic mass is 9.69. The Morgan fingerprint density at radius 2 is 1.60 bits per heavy atom. The molecule has 0 bridgehead atoms. The molecule has 2 aromatic carbocycles. The molecule has 0 heterocycles. The van der Waals surface area contributed by atoms with Crippen molar-refractivity contribution in [2.24, 2.45) is 5.41 Å². The Morgan fingerprint density at radius 3 is 2.12 bits per heavy atom. The summed E-state index contributed by atoms with van der Waals surface area (Å²) in [6, 6.07) is 23.1. The first-order valence-electron chi connectivity index (χ1n) is 8.19. The fourth-order valence-electron chi connectivity index (χ4n) is 3.03. The van der Waals surface area contributed by atoms with Gasteiger partial charge in [0.15, 0.2) is 5.41 Å². The molecule has 0 saturated carbocycles. The minimum atomic E-state index is -1.30. The van der Waals surface area contributed by atoms with Crippen molar-refractivity contribution in [1.82, 2.24) is 0 Å². The third-order valence-electron chi connectivity index (χ3n) is 4.34. The van der Waals surface area contributed by atoms with Crippen molar-refractivity contribution in [1.29, 1.82) is 10.5 Å². The van der Waals surface area contributed by atoms with E-state index in [4.69, 9.17) is 0 Å². The number of rotatable bonds is 8. The summed E-state index contributed by atoms with van der Waals surface area (Å²) in [7, 11) is 0. The second-order valence-electron chi connectivity index (χ2n) is 6.06. The maximum Gasteiger partial charge on any atom is 0.154 e. The van der Waals surface area contributed by atoms with Gasteiger partial charge in [0.05, 0.1) is 12.1 Å². The highest BCUT2D eigenvalue weighted by Crippen LogP contribution is 2.41. The molecule has 0 aliphatic rings. The third kappa shape index (κ3) is 4.43. The van der Waals surface area contributed by atoms with Crippen LogP contribution in [0.25, 0.3) is 0 Å². The Hall–Kier alpha value is -3.17. The summed E-state index contributed by atoms with van der Waals surface area (Å²) in [6.07, 6.45) is 2.24. The van der Waals surface area contributed by atoms with Gasteiger partial charge in [0.2, 0.25) is 0 Å². The van der Waals surface area contributed by atoms with E-state index in [1.54, 1.807) is 6.08 Å². The van der Waals surface area contributed by atoms with Gasteiger partial charge in [-0.15, -0.1) is 6.58 Å². The second-order valence-corrected chi connectivity index (χ2v) is 6.06. The molecule has 124 valence electrons. The lowest BCUT2D eigenvalue weighted by molar-refractivity contribution is -0.119. The summed E-state index contributed by atoms with van der Waals surface area (Å²) >= 11 is 0. The predicted molar refractivity (Wildman–Crippen MR) is 97.4 cm³/mol. The molecule has 0 radical (unpaired) electrons. The largest absolute Gasteiger partial charge is 0.299 e. The maximum atomic E-state index is 12.6. The SMILES string of the molecule is C=CCC(C#N)(C#N)C(CC(=O)Cc1ccccc1)c1ccccc1. The van der Waals surface area contributed by atoms with Gasteiger partial charge in [0.25, 0.3) is 0 Å². The van der Waals surface area contributed by atoms with E-state index < -0.39 is 11.3 Å². The number of ketones is 1. The molecular weight excluding hydrogens is 308 g/mol. The molecule has 1 unspecified atom stereocenters. The van der Waals surface area contributed by atoms with Crippen molar-refractivity contribution < 1.29 is 4.79 Å². The number of benzene rings is 2. The van der Waals surface area contributed by atoms with Crippen LogP contribution >= 0.6 is 0 Å². The van der Waals surface area contributed by atoms with E-state index in [9.17, 15) is 15.3 Å². The summed E-state index contributed by atoms with van der Waals surface area (Å²) < 4.78 is 0. The average molecular weight is 328 g/mol. The van der Waals surface area contributed by atoms with Gasteiger partial charge >= 0.3 is 0 Å². The van der Waals surface area contributed by atoms with E-state index in [1.807, 2.05) is 60.7 Å². The van der Waals surface area contributed by atoms with E-state index in [-0.39, 0.29) is 18.6 Å². The van der Waals surface area contributed by atoms with Crippen molar-refractivity contribution in [3.63, 3.8) is 0 Å². The van der Waals surface area contributed by atoms with Crippen molar-refractivity contribution >= 4 is 5.78 Å². The molecule has 0 aromatic heterocycles. The number of nitriles is 2. The van der Waals surface area contributed by atoms with E-state index in [2.05, 4.69) is 18.7 Å². The van der Waals surface area contributed by atoms with Gasteiger partial charge in [0, 0.05) is 18.8 Å². The minimum absolute atomic E-state index is 0.0130. The highest BCUT2D eigenvalue weighted by molar-refractivity contribution is 5.82. The molecular formula is C22H20N2O. The van der Waals surface area contributed by atoms with Crippen molar-refractivity contribution in [3.8, 4) is 12.1 Å². The van der Waals surface area contributed by atoms with Crippen molar-refractivity contribution in [2.75, 3.05) is 0 Å². The Labute approximate surface area is 148 Å². The number of Topliss-reactive ketones (excluding diaryl/α,β-unsaturated/α-hetero) is 1. The van der Waals surface area contributed by atoms with Crippen LogP contribution < -0.4 is 0 Å². The van der Waals surface area contributed by atoms with Crippen LogP contribution in [-0.4, -0.2) is 5.78 Å². The number of carbonyl (C=O) groups excluding carboxylic acids is 1. The van der Waals surface area contributed by atoms with E-state index in [0.717, 1.165) is 11.1 Å². The molecule has 25 heavy (non-hydrogen) atoms. The molecule has 1 atom stereocenters. The fourth-order valence-corrected chi connectivity index (χ4v) is 3.03. The first kappa shape index (κ1) is 18.2. The molecule has 2 aromatic rings. The first-order valence-corrected chi connectivity index (χ1v) is 8.19. The van der Waals surface area contributed by atoms with Crippen LogP contribution in [0.2, 0.25) is 0 Å². The fraction of sp³-hybridized carbons (Fsp3) is 0.227. The third-order valence-corrected chi connectivity index (χ3v) is 4.34. The smallest absolute Gasteiger partial charge is 0.154 e. The Bertz CT molecular complexity index is 783. The number of carbonyl (C=O) groups is 1. The van der Waals surface area contributed by atoms with Gasteiger partial charge in [-0.1, -0.05) is 66.7 Å². The van der Waals surface area contributed by atoms with E-state index in [0.29, 0.717) is 6.42 Å². The highest BCUT2D eigenvalue weighted by Gasteiger charge is 2.40. The Balaban J connectivity index is 2.32. The molecule has 2 rings (SSSR count). The van der Waals surface area contributed by atoms with Crippen LogP contribution in [0.3, 0.4) is 0 Å². The highest BCUT2D eigenvalue weighted by atomic mass is 16.1. The van der Waals surface area contributed by atoms with Gasteiger partial charge in [0.1, 0.15) is 5.78 Å². The summed E-state index contributed by atoms with van der Waals surface area (Å²) in [5.41, 5.74) is 0.464. The summed E-state index contributed by atoms with van der Waals surface area (Å²) in [5, 5.41) is 19.4. The molecule has 3 nitrogen and oxygen atoms in total. The lowest BCUT2D eigenvalue weighted by Gasteiger charge is -2.28. The number of allylic oxidation sites excluding steroid dienone is 1. The Kier molecular flexibility index (Phi) is 6.26. The van der Waals surface area contributed by atoms with Gasteiger partial charge in [-0.25, -0.2) is 0 Å². The van der Waals surface area contributed by atoms with Crippen LogP contribution in [0.5, 0.6) is 0 Å². The zero-order valence-electron chi connectivity index (χ0n) is 14.1. The predicted octanol–water partition coefficient (Wildman–Crippen LogP) is 4.58. The van der Waals surface area contributed by atoms with Crippen molar-refractivity contribution in [3.05, 3.63) is 84.4 Å². The molecule has 0 aliphatic heterocycles. The van der Waals surface area contributed by atoms with Crippen LogP contribution in [0, 0.1) is 28.1 Å². The standard InChI is InChI=1S/C22H20N2O/c1-2-13-22(16-23,17-24)21(19-11-7-4-8-12-19)15-20(25)14-18-9-5-3-6-10-18/h2-12,21H,1,13-15H2. The van der Waals surface area contributed by atoms with E-state index >= 15 is 0 Å². The van der Waals surface area contributed by atoms with Crippen LogP contribution in [0.4, 0.5) is 0 Å². The van der Waals surface area contributed by atoms with Crippen LogP contribution in [-0.2, 0) is 11.2 Å². The van der Waals surface area contributed by atoms with Crippen molar-refractivity contribution in [2.45, 2.75) is 25.2 Å². The topological polar surface area (TPSA) is 64.7 Å². The number of hydrogen-bond acceptors (Lipinski definition) is 3. The maximum absolute atomic E-state index is 12.6. The monoisotopic (exact) mass is 328 g/mol. The number of hydrogen-bond donors (Lipinski definition) is 0. The molecule has 0 saturated heterocycles. The molecule has 0 fully saturated rings. The minimum Gasteiger partial charge on any atom is -0.299 e. The summed E-state index contributed by atoms with van der Waals surface area (Å²) in [4.78, 5) is 12.6. The second kappa shape index (κ2) is 8.62. The average Bonchev–Trinajstić information content (AvgIpc) is 2.66. The van der Waals surface area contributed by atoms with E-state index in [1.165, 1.54) is 0 Å². The van der Waals surface area contributed by atoms with Crippen LogP contribution in [0.1, 0.15) is 29.9 Å². The molecule has 0 spiro atoms. The normalized spacial score (nSPS) is 11.8. The van der Waals surface area contributed by atoms with Crippen LogP contribution in [0.15, 0.2) is 73.3 Å². The quantitative estimate of drug-likeness (QED) is 0.666. The lowest BCUT2D eigenvalue weighted by Crippen LogP contribution is -2.28. The molecule has 0 aliphatic carbocycles. The molecule has 3 heteroatoms. The zero-order valence-corrected chi connectivity index (χ0v) is 14.1. The summed E-state index contributed by atoms with van der Waals surface area (Å²) in [6.45, 7) is 3.68. The van der Waals surface area contributed by atoms with Gasteiger partial charge < -0.3 is 0 Å². The zero-order chi connectivity index (χ0) is 18.1. The molecule has 0 amide bonds.